The van der Waals surface area contributed by atoms with Crippen LogP contribution in [0.15, 0.2) is 18.2 Å². The third-order valence-electron chi connectivity index (χ3n) is 1.73. The number of nitrogens with zero attached hydrogens (tertiary/aromatic N) is 1. The van der Waals surface area contributed by atoms with Crippen LogP contribution in [-0.4, -0.2) is 5.11 Å². The van der Waals surface area contributed by atoms with Crippen LogP contribution in [-0.2, 0) is 5.60 Å². The van der Waals surface area contributed by atoms with E-state index in [0.29, 0.717) is 16.1 Å². The number of rotatable bonds is 1. The lowest BCUT2D eigenvalue weighted by atomic mass is 9.97. The average Bonchev–Trinajstić information content (AvgIpc) is 2.01. The molecule has 0 aliphatic carbocycles. The van der Waals surface area contributed by atoms with Crippen LogP contribution in [0.4, 0.5) is 0 Å². The molecule has 0 atom stereocenters. The maximum absolute atomic E-state index is 9.67. The summed E-state index contributed by atoms with van der Waals surface area (Å²) in [6, 6.07) is 6.84. The highest BCUT2D eigenvalue weighted by atomic mass is 35.5. The van der Waals surface area contributed by atoms with Gasteiger partial charge in [-0.05, 0) is 37.6 Å². The van der Waals surface area contributed by atoms with Crippen LogP contribution in [0.5, 0.6) is 0 Å². The second-order valence-corrected chi connectivity index (χ2v) is 3.84. The van der Waals surface area contributed by atoms with E-state index >= 15 is 0 Å². The zero-order valence-electron chi connectivity index (χ0n) is 7.50. The number of aliphatic hydroxyl groups is 1. The molecule has 0 heterocycles. The molecule has 68 valence electrons. The summed E-state index contributed by atoms with van der Waals surface area (Å²) in [5.41, 5.74) is 0.150. The average molecular weight is 196 g/mol. The van der Waals surface area contributed by atoms with Gasteiger partial charge in [0.2, 0.25) is 0 Å². The molecule has 0 aliphatic rings. The molecule has 13 heavy (non-hydrogen) atoms. The molecule has 0 aromatic heterocycles. The van der Waals surface area contributed by atoms with Crippen LogP contribution in [0.3, 0.4) is 0 Å². The van der Waals surface area contributed by atoms with E-state index in [-0.39, 0.29) is 0 Å². The van der Waals surface area contributed by atoms with Crippen molar-refractivity contribution in [1.29, 1.82) is 5.26 Å². The van der Waals surface area contributed by atoms with E-state index in [1.807, 2.05) is 6.07 Å². The van der Waals surface area contributed by atoms with E-state index in [1.54, 1.807) is 32.0 Å². The van der Waals surface area contributed by atoms with Crippen LogP contribution in [0.2, 0.25) is 5.02 Å². The minimum absolute atomic E-state index is 0.463. The molecule has 0 bridgehead atoms. The summed E-state index contributed by atoms with van der Waals surface area (Å²) in [6.45, 7) is 3.31. The molecule has 0 saturated carbocycles. The molecule has 1 aromatic rings. The van der Waals surface area contributed by atoms with Gasteiger partial charge in [-0.15, -0.1) is 0 Å². The molecule has 0 aliphatic heterocycles. The van der Waals surface area contributed by atoms with Crippen LogP contribution < -0.4 is 0 Å². The number of benzene rings is 1. The summed E-state index contributed by atoms with van der Waals surface area (Å²) in [5.74, 6) is 0. The predicted molar refractivity (Wildman–Crippen MR) is 51.4 cm³/mol. The quantitative estimate of drug-likeness (QED) is 0.748. The van der Waals surface area contributed by atoms with Crippen molar-refractivity contribution in [3.05, 3.63) is 34.3 Å². The van der Waals surface area contributed by atoms with Gasteiger partial charge >= 0.3 is 0 Å². The Bertz CT molecular complexity index is 360. The van der Waals surface area contributed by atoms with E-state index in [4.69, 9.17) is 16.9 Å². The summed E-state index contributed by atoms with van der Waals surface area (Å²) < 4.78 is 0. The van der Waals surface area contributed by atoms with Crippen molar-refractivity contribution >= 4 is 11.6 Å². The summed E-state index contributed by atoms with van der Waals surface area (Å²) in [5, 5.41) is 18.8. The van der Waals surface area contributed by atoms with Gasteiger partial charge < -0.3 is 5.11 Å². The van der Waals surface area contributed by atoms with Gasteiger partial charge in [0.1, 0.15) is 0 Å². The summed E-state index contributed by atoms with van der Waals surface area (Å²) >= 11 is 5.77. The number of hydrogen-bond acceptors (Lipinski definition) is 2. The second-order valence-electron chi connectivity index (χ2n) is 3.40. The molecule has 0 spiro atoms. The van der Waals surface area contributed by atoms with Crippen molar-refractivity contribution in [3.63, 3.8) is 0 Å². The van der Waals surface area contributed by atoms with E-state index < -0.39 is 5.60 Å². The van der Waals surface area contributed by atoms with E-state index in [9.17, 15) is 5.11 Å². The fourth-order valence-electron chi connectivity index (χ4n) is 1.01. The lowest BCUT2D eigenvalue weighted by molar-refractivity contribution is 0.0786. The molecule has 1 N–H and O–H groups in total. The van der Waals surface area contributed by atoms with E-state index in [2.05, 4.69) is 0 Å². The molecule has 0 radical (unpaired) electrons. The van der Waals surface area contributed by atoms with Crippen molar-refractivity contribution in [2.45, 2.75) is 19.4 Å². The zero-order chi connectivity index (χ0) is 10.1. The third kappa shape index (κ3) is 2.45. The Labute approximate surface area is 82.4 Å². The largest absolute Gasteiger partial charge is 0.386 e. The van der Waals surface area contributed by atoms with E-state index in [0.717, 1.165) is 0 Å². The minimum atomic E-state index is -0.962. The SMILES string of the molecule is CC(C)(O)c1cc(Cl)cc(C#N)c1. The molecule has 0 amide bonds. The fourth-order valence-corrected chi connectivity index (χ4v) is 1.24. The van der Waals surface area contributed by atoms with Gasteiger partial charge in [0, 0.05) is 5.02 Å². The van der Waals surface area contributed by atoms with Gasteiger partial charge in [-0.3, -0.25) is 0 Å². The molecule has 0 fully saturated rings. The lowest BCUT2D eigenvalue weighted by Crippen LogP contribution is -2.15. The Morgan fingerprint density at radius 3 is 2.46 bits per heavy atom. The molecular weight excluding hydrogens is 186 g/mol. The molecule has 3 heteroatoms. The zero-order valence-corrected chi connectivity index (χ0v) is 8.26. The maximum Gasteiger partial charge on any atom is 0.0992 e. The van der Waals surface area contributed by atoms with Crippen LogP contribution >= 0.6 is 11.6 Å². The first kappa shape index (κ1) is 10.0. The Hall–Kier alpha value is -1.04. The summed E-state index contributed by atoms with van der Waals surface area (Å²) in [6.07, 6.45) is 0. The molecule has 0 unspecified atom stereocenters. The van der Waals surface area contributed by atoms with Gasteiger partial charge in [0.25, 0.3) is 0 Å². The first-order valence-electron chi connectivity index (χ1n) is 3.87. The van der Waals surface area contributed by atoms with Crippen molar-refractivity contribution in [2.24, 2.45) is 0 Å². The molecule has 1 aromatic carbocycles. The van der Waals surface area contributed by atoms with Crippen LogP contribution in [0.25, 0.3) is 0 Å². The highest BCUT2D eigenvalue weighted by molar-refractivity contribution is 6.30. The van der Waals surface area contributed by atoms with Gasteiger partial charge in [-0.1, -0.05) is 11.6 Å². The predicted octanol–water partition coefficient (Wildman–Crippen LogP) is 2.44. The third-order valence-corrected chi connectivity index (χ3v) is 1.95. The summed E-state index contributed by atoms with van der Waals surface area (Å²) in [7, 11) is 0. The Balaban J connectivity index is 3.26. The normalized spacial score (nSPS) is 11.0. The molecule has 0 saturated heterocycles. The highest BCUT2D eigenvalue weighted by Crippen LogP contribution is 2.24. The van der Waals surface area contributed by atoms with Crippen LogP contribution in [0.1, 0.15) is 25.0 Å². The van der Waals surface area contributed by atoms with Crippen LogP contribution in [0, 0.1) is 11.3 Å². The number of hydrogen-bond donors (Lipinski definition) is 1. The van der Waals surface area contributed by atoms with Gasteiger partial charge in [0.15, 0.2) is 0 Å². The number of nitriles is 1. The molecule has 1 rings (SSSR count). The monoisotopic (exact) mass is 195 g/mol. The standard InChI is InChI=1S/C10H10ClNO/c1-10(2,13)8-3-7(6-12)4-9(11)5-8/h3-5,13H,1-2H3. The van der Waals surface area contributed by atoms with Crippen molar-refractivity contribution in [2.75, 3.05) is 0 Å². The van der Waals surface area contributed by atoms with Gasteiger partial charge in [-0.25, -0.2) is 0 Å². The van der Waals surface area contributed by atoms with Gasteiger partial charge in [0.05, 0.1) is 17.2 Å². The first-order chi connectivity index (χ1) is 5.93. The maximum atomic E-state index is 9.67. The van der Waals surface area contributed by atoms with E-state index in [1.165, 1.54) is 0 Å². The molecular formula is C10H10ClNO. The second kappa shape index (κ2) is 3.37. The van der Waals surface area contributed by atoms with Crippen molar-refractivity contribution < 1.29 is 5.11 Å². The smallest absolute Gasteiger partial charge is 0.0992 e. The minimum Gasteiger partial charge on any atom is -0.386 e. The topological polar surface area (TPSA) is 44.0 Å². The highest BCUT2D eigenvalue weighted by Gasteiger charge is 2.16. The Kier molecular flexibility index (Phi) is 2.60. The lowest BCUT2D eigenvalue weighted by Gasteiger charge is -2.17. The fraction of sp³-hybridized carbons (Fsp3) is 0.300. The summed E-state index contributed by atoms with van der Waals surface area (Å²) in [4.78, 5) is 0. The Morgan fingerprint density at radius 1 is 1.38 bits per heavy atom. The number of halogens is 1. The first-order valence-corrected chi connectivity index (χ1v) is 4.25. The van der Waals surface area contributed by atoms with Gasteiger partial charge in [-0.2, -0.15) is 5.26 Å². The van der Waals surface area contributed by atoms with Crippen molar-refractivity contribution in [1.82, 2.24) is 0 Å². The Morgan fingerprint density at radius 2 is 2.00 bits per heavy atom. The van der Waals surface area contributed by atoms with Crippen molar-refractivity contribution in [3.8, 4) is 6.07 Å². The molecule has 2 nitrogen and oxygen atoms in total.